The van der Waals surface area contributed by atoms with Crippen molar-refractivity contribution in [3.8, 4) is 0 Å². The third-order valence-corrected chi connectivity index (χ3v) is 2.50. The lowest BCUT2D eigenvalue weighted by Crippen LogP contribution is -2.19. The molecule has 0 radical (unpaired) electrons. The van der Waals surface area contributed by atoms with E-state index < -0.39 is 0 Å². The van der Waals surface area contributed by atoms with Crippen LogP contribution in [0.3, 0.4) is 0 Å². The van der Waals surface area contributed by atoms with Crippen LogP contribution >= 0.6 is 0 Å². The molecule has 0 aliphatic carbocycles. The quantitative estimate of drug-likeness (QED) is 0.656. The summed E-state index contributed by atoms with van der Waals surface area (Å²) in [6.45, 7) is 9.65. The minimum Gasteiger partial charge on any atom is -0.289 e. The molecule has 0 aliphatic heterocycles. The maximum atomic E-state index is 4.70. The maximum Gasteiger partial charge on any atom is 0.0639 e. The van der Waals surface area contributed by atoms with E-state index in [0.717, 1.165) is 13.0 Å². The average molecular weight is 203 g/mol. The van der Waals surface area contributed by atoms with E-state index >= 15 is 0 Å². The van der Waals surface area contributed by atoms with Gasteiger partial charge in [0.05, 0.1) is 6.54 Å². The second kappa shape index (κ2) is 5.11. The maximum absolute atomic E-state index is 4.70. The van der Waals surface area contributed by atoms with E-state index in [1.165, 1.54) is 11.3 Å². The summed E-state index contributed by atoms with van der Waals surface area (Å²) >= 11 is 0. The zero-order valence-electron chi connectivity index (χ0n) is 10.2. The lowest BCUT2D eigenvalue weighted by Gasteiger charge is -2.20. The molecule has 0 saturated carbocycles. The molecule has 0 bridgehead atoms. The van der Waals surface area contributed by atoms with Crippen LogP contribution in [0.4, 0.5) is 0 Å². The SMILES string of the molecule is CC/C(=N/Cc1ccccc1)C(C)(C)C. The summed E-state index contributed by atoms with van der Waals surface area (Å²) in [4.78, 5) is 4.70. The summed E-state index contributed by atoms with van der Waals surface area (Å²) in [5, 5.41) is 0. The first-order valence-electron chi connectivity index (χ1n) is 5.61. The summed E-state index contributed by atoms with van der Waals surface area (Å²) in [5.74, 6) is 0. The van der Waals surface area contributed by atoms with Crippen LogP contribution in [0.25, 0.3) is 0 Å². The third-order valence-electron chi connectivity index (χ3n) is 2.50. The van der Waals surface area contributed by atoms with Crippen LogP contribution in [0.2, 0.25) is 0 Å². The highest BCUT2D eigenvalue weighted by molar-refractivity contribution is 5.88. The predicted octanol–water partition coefficient (Wildman–Crippen LogP) is 4.08. The lowest BCUT2D eigenvalue weighted by atomic mass is 9.88. The summed E-state index contributed by atoms with van der Waals surface area (Å²) in [6.07, 6.45) is 1.04. The van der Waals surface area contributed by atoms with Crippen LogP contribution in [-0.4, -0.2) is 5.71 Å². The largest absolute Gasteiger partial charge is 0.289 e. The van der Waals surface area contributed by atoms with Gasteiger partial charge >= 0.3 is 0 Å². The fourth-order valence-corrected chi connectivity index (χ4v) is 1.65. The Hall–Kier alpha value is -1.11. The molecule has 0 aromatic heterocycles. The van der Waals surface area contributed by atoms with E-state index in [2.05, 4.69) is 52.0 Å². The monoisotopic (exact) mass is 203 g/mol. The number of benzene rings is 1. The average Bonchev–Trinajstić information content (AvgIpc) is 2.18. The Morgan fingerprint density at radius 1 is 1.13 bits per heavy atom. The van der Waals surface area contributed by atoms with Gasteiger partial charge in [-0.3, -0.25) is 4.99 Å². The zero-order chi connectivity index (χ0) is 11.3. The minimum absolute atomic E-state index is 0.198. The van der Waals surface area contributed by atoms with Gasteiger partial charge in [0.15, 0.2) is 0 Å². The molecule has 1 heteroatoms. The molecular weight excluding hydrogens is 182 g/mol. The fourth-order valence-electron chi connectivity index (χ4n) is 1.65. The van der Waals surface area contributed by atoms with E-state index in [1.807, 2.05) is 6.07 Å². The number of rotatable bonds is 3. The first kappa shape index (κ1) is 12.0. The van der Waals surface area contributed by atoms with Gasteiger partial charge in [-0.2, -0.15) is 0 Å². The standard InChI is InChI=1S/C14H21N/c1-5-13(14(2,3)4)15-11-12-9-7-6-8-10-12/h6-10H,5,11H2,1-4H3/b15-13-. The Kier molecular flexibility index (Phi) is 4.07. The number of aliphatic imine (C=N–C) groups is 1. The van der Waals surface area contributed by atoms with Crippen molar-refractivity contribution in [1.82, 2.24) is 0 Å². The van der Waals surface area contributed by atoms with Crippen molar-refractivity contribution < 1.29 is 0 Å². The van der Waals surface area contributed by atoms with Gasteiger partial charge in [-0.05, 0) is 17.4 Å². The molecule has 0 atom stereocenters. The number of hydrogen-bond donors (Lipinski definition) is 0. The first-order valence-corrected chi connectivity index (χ1v) is 5.61. The molecule has 0 fully saturated rings. The third kappa shape index (κ3) is 3.86. The van der Waals surface area contributed by atoms with E-state index in [-0.39, 0.29) is 5.41 Å². The molecule has 0 amide bonds. The smallest absolute Gasteiger partial charge is 0.0639 e. The second-order valence-electron chi connectivity index (χ2n) is 4.85. The van der Waals surface area contributed by atoms with Crippen LogP contribution in [0.1, 0.15) is 39.7 Å². The molecule has 1 aromatic carbocycles. The van der Waals surface area contributed by atoms with Crippen molar-refractivity contribution in [3.05, 3.63) is 35.9 Å². The fraction of sp³-hybridized carbons (Fsp3) is 0.500. The molecule has 0 aliphatic rings. The Bertz CT molecular complexity index is 317. The van der Waals surface area contributed by atoms with Crippen molar-refractivity contribution in [1.29, 1.82) is 0 Å². The van der Waals surface area contributed by atoms with E-state index in [1.54, 1.807) is 0 Å². The summed E-state index contributed by atoms with van der Waals surface area (Å²) in [5.41, 5.74) is 2.78. The van der Waals surface area contributed by atoms with Gasteiger partial charge in [0, 0.05) is 5.71 Å². The minimum atomic E-state index is 0.198. The van der Waals surface area contributed by atoms with Crippen LogP contribution < -0.4 is 0 Å². The molecule has 1 nitrogen and oxygen atoms in total. The van der Waals surface area contributed by atoms with Crippen LogP contribution in [0.5, 0.6) is 0 Å². The van der Waals surface area contributed by atoms with E-state index in [0.29, 0.717) is 0 Å². The van der Waals surface area contributed by atoms with Gasteiger partial charge < -0.3 is 0 Å². The highest BCUT2D eigenvalue weighted by Gasteiger charge is 2.16. The molecule has 15 heavy (non-hydrogen) atoms. The van der Waals surface area contributed by atoms with Crippen LogP contribution in [0, 0.1) is 5.41 Å². The Morgan fingerprint density at radius 2 is 1.73 bits per heavy atom. The zero-order valence-corrected chi connectivity index (χ0v) is 10.2. The predicted molar refractivity (Wildman–Crippen MR) is 67.3 cm³/mol. The summed E-state index contributed by atoms with van der Waals surface area (Å²) in [7, 11) is 0. The summed E-state index contributed by atoms with van der Waals surface area (Å²) < 4.78 is 0. The molecule has 0 heterocycles. The van der Waals surface area contributed by atoms with Gasteiger partial charge in [-0.1, -0.05) is 58.0 Å². The van der Waals surface area contributed by atoms with Gasteiger partial charge in [-0.25, -0.2) is 0 Å². The van der Waals surface area contributed by atoms with Crippen molar-refractivity contribution in [2.45, 2.75) is 40.7 Å². The molecule has 0 unspecified atom stereocenters. The van der Waals surface area contributed by atoms with Crippen molar-refractivity contribution in [2.24, 2.45) is 10.4 Å². The molecule has 1 rings (SSSR count). The van der Waals surface area contributed by atoms with Crippen molar-refractivity contribution in [2.75, 3.05) is 0 Å². The molecule has 0 saturated heterocycles. The van der Waals surface area contributed by atoms with Crippen LogP contribution in [0.15, 0.2) is 35.3 Å². The molecule has 1 aromatic rings. The van der Waals surface area contributed by atoms with Crippen molar-refractivity contribution in [3.63, 3.8) is 0 Å². The normalized spacial score (nSPS) is 12.9. The topological polar surface area (TPSA) is 12.4 Å². The Labute approximate surface area is 93.2 Å². The highest BCUT2D eigenvalue weighted by atomic mass is 14.7. The van der Waals surface area contributed by atoms with Gasteiger partial charge in [0.1, 0.15) is 0 Å². The van der Waals surface area contributed by atoms with Gasteiger partial charge in [0.25, 0.3) is 0 Å². The second-order valence-corrected chi connectivity index (χ2v) is 4.85. The number of hydrogen-bond acceptors (Lipinski definition) is 1. The van der Waals surface area contributed by atoms with Crippen molar-refractivity contribution >= 4 is 5.71 Å². The first-order chi connectivity index (χ1) is 7.04. The summed E-state index contributed by atoms with van der Waals surface area (Å²) in [6, 6.07) is 10.4. The Morgan fingerprint density at radius 3 is 2.20 bits per heavy atom. The molecule has 0 spiro atoms. The molecular formula is C14H21N. The highest BCUT2D eigenvalue weighted by Crippen LogP contribution is 2.19. The van der Waals surface area contributed by atoms with Gasteiger partial charge in [0.2, 0.25) is 0 Å². The molecule has 82 valence electrons. The lowest BCUT2D eigenvalue weighted by molar-refractivity contribution is 0.576. The van der Waals surface area contributed by atoms with E-state index in [4.69, 9.17) is 4.99 Å². The van der Waals surface area contributed by atoms with Gasteiger partial charge in [-0.15, -0.1) is 0 Å². The molecule has 0 N–H and O–H groups in total. The number of nitrogens with zero attached hydrogens (tertiary/aromatic N) is 1. The van der Waals surface area contributed by atoms with Crippen LogP contribution in [-0.2, 0) is 6.54 Å². The van der Waals surface area contributed by atoms with E-state index in [9.17, 15) is 0 Å². The Balaban J connectivity index is 2.72.